The van der Waals surface area contributed by atoms with Crippen molar-refractivity contribution in [2.45, 2.75) is 19.9 Å². The molecule has 1 nitrogen and oxygen atoms in total. The van der Waals surface area contributed by atoms with E-state index in [0.29, 0.717) is 0 Å². The summed E-state index contributed by atoms with van der Waals surface area (Å²) in [5.41, 5.74) is 7.56. The number of halogens is 1. The minimum absolute atomic E-state index is 0.0169. The summed E-state index contributed by atoms with van der Waals surface area (Å²) in [4.78, 5) is 0. The van der Waals surface area contributed by atoms with Gasteiger partial charge < -0.3 is 5.73 Å². The maximum absolute atomic E-state index is 12.8. The van der Waals surface area contributed by atoms with Gasteiger partial charge in [-0.15, -0.1) is 0 Å². The number of hydrogen-bond acceptors (Lipinski definition) is 1. The highest BCUT2D eigenvalue weighted by Crippen LogP contribution is 2.09. The van der Waals surface area contributed by atoms with Gasteiger partial charge in [0.2, 0.25) is 0 Å². The second kappa shape index (κ2) is 4.19. The Balaban J connectivity index is 2.91. The van der Waals surface area contributed by atoms with E-state index >= 15 is 0 Å². The molecule has 0 bridgehead atoms. The first-order valence-corrected chi connectivity index (χ1v) is 4.29. The average molecular weight is 179 g/mol. The van der Waals surface area contributed by atoms with Crippen molar-refractivity contribution < 1.29 is 4.39 Å². The average Bonchev–Trinajstić information content (AvgIpc) is 2.04. The van der Waals surface area contributed by atoms with E-state index in [1.54, 1.807) is 6.07 Å². The van der Waals surface area contributed by atoms with Gasteiger partial charge in [0.25, 0.3) is 0 Å². The van der Waals surface area contributed by atoms with Crippen LogP contribution in [0.15, 0.2) is 29.8 Å². The fraction of sp³-hybridized carbons (Fsp3) is 0.273. The van der Waals surface area contributed by atoms with Gasteiger partial charge in [-0.25, -0.2) is 4.39 Å². The molecule has 1 aromatic rings. The van der Waals surface area contributed by atoms with Crippen LogP contribution in [0.2, 0.25) is 0 Å². The first-order valence-electron chi connectivity index (χ1n) is 4.29. The molecule has 1 unspecified atom stereocenters. The summed E-state index contributed by atoms with van der Waals surface area (Å²) < 4.78 is 12.8. The van der Waals surface area contributed by atoms with Crippen LogP contribution in [0.1, 0.15) is 19.4 Å². The van der Waals surface area contributed by atoms with Crippen molar-refractivity contribution in [1.82, 2.24) is 0 Å². The van der Waals surface area contributed by atoms with Gasteiger partial charge in [-0.3, -0.25) is 0 Å². The number of hydrogen-bond donors (Lipinski definition) is 1. The fourth-order valence-corrected chi connectivity index (χ4v) is 0.991. The Morgan fingerprint density at radius 3 is 2.77 bits per heavy atom. The van der Waals surface area contributed by atoms with Gasteiger partial charge in [0.1, 0.15) is 5.82 Å². The molecule has 0 aliphatic carbocycles. The number of rotatable bonds is 2. The Labute approximate surface area is 78.1 Å². The molecule has 0 fully saturated rings. The standard InChI is InChI=1S/C11H14FN/c1-8(9(2)13)6-10-4-3-5-11(12)7-10/h3-7,9H,13H2,1-2H3/b8-6+. The lowest BCUT2D eigenvalue weighted by Gasteiger charge is -2.04. The van der Waals surface area contributed by atoms with Crippen LogP contribution in [-0.2, 0) is 0 Å². The summed E-state index contributed by atoms with van der Waals surface area (Å²) in [6.07, 6.45) is 1.90. The first kappa shape index (κ1) is 9.93. The summed E-state index contributed by atoms with van der Waals surface area (Å²) >= 11 is 0. The van der Waals surface area contributed by atoms with Crippen LogP contribution in [-0.4, -0.2) is 6.04 Å². The number of benzene rings is 1. The van der Waals surface area contributed by atoms with Crippen LogP contribution in [0.4, 0.5) is 4.39 Å². The Hall–Kier alpha value is -1.15. The van der Waals surface area contributed by atoms with Crippen LogP contribution in [0.3, 0.4) is 0 Å². The molecule has 0 spiro atoms. The summed E-state index contributed by atoms with van der Waals surface area (Å²) in [5.74, 6) is -0.216. The summed E-state index contributed by atoms with van der Waals surface area (Å²) in [6.45, 7) is 3.85. The van der Waals surface area contributed by atoms with Gasteiger partial charge in [0, 0.05) is 6.04 Å². The molecule has 70 valence electrons. The minimum atomic E-state index is -0.216. The summed E-state index contributed by atoms with van der Waals surface area (Å²) in [5, 5.41) is 0. The molecule has 0 aliphatic rings. The summed E-state index contributed by atoms with van der Waals surface area (Å²) in [7, 11) is 0. The fourth-order valence-electron chi connectivity index (χ4n) is 0.991. The zero-order valence-corrected chi connectivity index (χ0v) is 7.92. The Morgan fingerprint density at radius 2 is 2.23 bits per heavy atom. The third-order valence-corrected chi connectivity index (χ3v) is 1.96. The van der Waals surface area contributed by atoms with Crippen LogP contribution < -0.4 is 5.73 Å². The maximum Gasteiger partial charge on any atom is 0.123 e. The van der Waals surface area contributed by atoms with Crippen molar-refractivity contribution in [3.8, 4) is 0 Å². The van der Waals surface area contributed by atoms with Crippen molar-refractivity contribution in [2.75, 3.05) is 0 Å². The Morgan fingerprint density at radius 1 is 1.54 bits per heavy atom. The molecule has 0 aromatic heterocycles. The van der Waals surface area contributed by atoms with Gasteiger partial charge in [-0.05, 0) is 31.5 Å². The van der Waals surface area contributed by atoms with Gasteiger partial charge in [0.05, 0.1) is 0 Å². The highest BCUT2D eigenvalue weighted by atomic mass is 19.1. The van der Waals surface area contributed by atoms with E-state index in [1.165, 1.54) is 12.1 Å². The molecule has 0 heterocycles. The highest BCUT2D eigenvalue weighted by molar-refractivity contribution is 5.53. The van der Waals surface area contributed by atoms with E-state index in [9.17, 15) is 4.39 Å². The second-order valence-corrected chi connectivity index (χ2v) is 3.23. The molecule has 2 N–H and O–H groups in total. The molecule has 0 saturated heterocycles. The molecule has 0 aliphatic heterocycles. The lowest BCUT2D eigenvalue weighted by Crippen LogP contribution is -2.15. The van der Waals surface area contributed by atoms with E-state index in [1.807, 2.05) is 26.0 Å². The molecule has 0 radical (unpaired) electrons. The molecule has 0 saturated carbocycles. The van der Waals surface area contributed by atoms with Crippen LogP contribution >= 0.6 is 0 Å². The van der Waals surface area contributed by atoms with E-state index < -0.39 is 0 Å². The monoisotopic (exact) mass is 179 g/mol. The van der Waals surface area contributed by atoms with Crippen molar-refractivity contribution >= 4 is 6.08 Å². The van der Waals surface area contributed by atoms with E-state index in [-0.39, 0.29) is 11.9 Å². The van der Waals surface area contributed by atoms with Crippen molar-refractivity contribution in [1.29, 1.82) is 0 Å². The van der Waals surface area contributed by atoms with E-state index in [0.717, 1.165) is 11.1 Å². The number of nitrogens with two attached hydrogens (primary N) is 1. The van der Waals surface area contributed by atoms with Gasteiger partial charge in [-0.1, -0.05) is 23.8 Å². The van der Waals surface area contributed by atoms with Crippen LogP contribution in [0, 0.1) is 5.82 Å². The minimum Gasteiger partial charge on any atom is -0.324 e. The molecule has 13 heavy (non-hydrogen) atoms. The second-order valence-electron chi connectivity index (χ2n) is 3.23. The van der Waals surface area contributed by atoms with Gasteiger partial charge in [-0.2, -0.15) is 0 Å². The predicted octanol–water partition coefficient (Wildman–Crippen LogP) is 2.58. The van der Waals surface area contributed by atoms with Crippen LogP contribution in [0.5, 0.6) is 0 Å². The molecule has 1 atom stereocenters. The molecule has 1 aromatic carbocycles. The largest absolute Gasteiger partial charge is 0.324 e. The SMILES string of the molecule is C/C(=C\c1cccc(F)c1)C(C)N. The Bertz CT molecular complexity index is 316. The van der Waals surface area contributed by atoms with Crippen molar-refractivity contribution in [3.05, 3.63) is 41.2 Å². The van der Waals surface area contributed by atoms with Crippen molar-refractivity contribution in [3.63, 3.8) is 0 Å². The van der Waals surface area contributed by atoms with Gasteiger partial charge in [0.15, 0.2) is 0 Å². The first-order chi connectivity index (χ1) is 6.09. The van der Waals surface area contributed by atoms with E-state index in [2.05, 4.69) is 0 Å². The topological polar surface area (TPSA) is 26.0 Å². The third-order valence-electron chi connectivity index (χ3n) is 1.96. The zero-order valence-electron chi connectivity index (χ0n) is 7.92. The lowest BCUT2D eigenvalue weighted by atomic mass is 10.1. The molecular weight excluding hydrogens is 165 g/mol. The smallest absolute Gasteiger partial charge is 0.123 e. The maximum atomic E-state index is 12.8. The predicted molar refractivity (Wildman–Crippen MR) is 53.7 cm³/mol. The lowest BCUT2D eigenvalue weighted by molar-refractivity contribution is 0.627. The highest BCUT2D eigenvalue weighted by Gasteiger charge is 1.97. The third kappa shape index (κ3) is 2.99. The zero-order chi connectivity index (χ0) is 9.84. The summed E-state index contributed by atoms with van der Waals surface area (Å²) in [6, 6.07) is 6.48. The molecule has 0 amide bonds. The van der Waals surface area contributed by atoms with Gasteiger partial charge >= 0.3 is 0 Å². The quantitative estimate of drug-likeness (QED) is 0.742. The normalized spacial score (nSPS) is 14.3. The van der Waals surface area contributed by atoms with Crippen molar-refractivity contribution in [2.24, 2.45) is 5.73 Å². The Kier molecular flexibility index (Phi) is 3.20. The molecule has 1 rings (SSSR count). The van der Waals surface area contributed by atoms with E-state index in [4.69, 9.17) is 5.73 Å². The molecule has 2 heteroatoms. The van der Waals surface area contributed by atoms with Crippen LogP contribution in [0.25, 0.3) is 6.08 Å². The molecular formula is C11H14FN.